The van der Waals surface area contributed by atoms with Crippen molar-refractivity contribution in [1.29, 1.82) is 0 Å². The van der Waals surface area contributed by atoms with E-state index in [1.165, 1.54) is 6.33 Å². The normalized spacial score (nSPS) is 8.92. The van der Waals surface area contributed by atoms with Crippen LogP contribution in [0.3, 0.4) is 0 Å². The van der Waals surface area contributed by atoms with Crippen molar-refractivity contribution < 1.29 is 9.90 Å². The van der Waals surface area contributed by atoms with E-state index in [-0.39, 0.29) is 6.47 Å². The molecule has 0 bridgehead atoms. The van der Waals surface area contributed by atoms with Crippen LogP contribution in [0.1, 0.15) is 0 Å². The number of hydrogen-bond acceptors (Lipinski definition) is 4. The van der Waals surface area contributed by atoms with E-state index in [1.807, 2.05) is 6.07 Å². The standard InChI is InChI=1S/C6H6N4.CH2O2/c7-6-5-4(1-2-8-5)9-3-10-6;2-1-3/h1-3,8H,(H2,7,9,10);1H,(H,2,3). The van der Waals surface area contributed by atoms with Crippen molar-refractivity contribution in [1.82, 2.24) is 15.0 Å². The van der Waals surface area contributed by atoms with Gasteiger partial charge in [-0.1, -0.05) is 0 Å². The maximum Gasteiger partial charge on any atom is 0.290 e. The zero-order chi connectivity index (χ0) is 9.68. The van der Waals surface area contributed by atoms with Crippen molar-refractivity contribution in [3.8, 4) is 0 Å². The molecule has 0 atom stereocenters. The molecule has 0 aliphatic heterocycles. The fourth-order valence-corrected chi connectivity index (χ4v) is 0.892. The molecule has 0 fully saturated rings. The smallest absolute Gasteiger partial charge is 0.290 e. The van der Waals surface area contributed by atoms with Crippen LogP contribution in [0, 0.1) is 0 Å². The lowest BCUT2D eigenvalue weighted by Crippen LogP contribution is -1.91. The molecular formula is C7H8N4O2. The highest BCUT2D eigenvalue weighted by Gasteiger charge is 1.97. The maximum absolute atomic E-state index is 8.36. The van der Waals surface area contributed by atoms with Crippen LogP contribution in [0.15, 0.2) is 18.6 Å². The highest BCUT2D eigenvalue weighted by Crippen LogP contribution is 2.12. The Morgan fingerprint density at radius 2 is 2.23 bits per heavy atom. The molecule has 0 aromatic carbocycles. The number of nitrogens with two attached hydrogens (primary N) is 1. The second-order valence-electron chi connectivity index (χ2n) is 2.10. The lowest BCUT2D eigenvalue weighted by molar-refractivity contribution is -0.122. The van der Waals surface area contributed by atoms with Crippen LogP contribution < -0.4 is 5.73 Å². The molecule has 13 heavy (non-hydrogen) atoms. The summed E-state index contributed by atoms with van der Waals surface area (Å²) in [5, 5.41) is 6.89. The van der Waals surface area contributed by atoms with Gasteiger partial charge >= 0.3 is 0 Å². The number of aromatic nitrogens is 3. The van der Waals surface area contributed by atoms with Crippen LogP contribution in [0.25, 0.3) is 11.0 Å². The number of fused-ring (bicyclic) bond motifs is 1. The van der Waals surface area contributed by atoms with E-state index in [4.69, 9.17) is 15.6 Å². The Morgan fingerprint density at radius 1 is 1.54 bits per heavy atom. The van der Waals surface area contributed by atoms with Gasteiger partial charge in [-0.05, 0) is 6.07 Å². The molecule has 0 amide bonds. The molecule has 0 saturated heterocycles. The Balaban J connectivity index is 0.000000251. The molecule has 0 unspecified atom stereocenters. The Kier molecular flexibility index (Phi) is 2.80. The van der Waals surface area contributed by atoms with Crippen LogP contribution >= 0.6 is 0 Å². The van der Waals surface area contributed by atoms with Gasteiger partial charge in [0.15, 0.2) is 5.82 Å². The third kappa shape index (κ3) is 1.92. The van der Waals surface area contributed by atoms with Crippen LogP contribution in [0.5, 0.6) is 0 Å². The summed E-state index contributed by atoms with van der Waals surface area (Å²) < 4.78 is 0. The van der Waals surface area contributed by atoms with Crippen molar-refractivity contribution in [3.63, 3.8) is 0 Å². The average Bonchev–Trinajstić information content (AvgIpc) is 2.54. The van der Waals surface area contributed by atoms with E-state index < -0.39 is 0 Å². The number of nitrogen functional groups attached to an aromatic ring is 1. The number of hydrogen-bond donors (Lipinski definition) is 3. The number of carboxylic acid groups (broad SMARTS) is 1. The zero-order valence-corrected chi connectivity index (χ0v) is 6.64. The second kappa shape index (κ2) is 4.05. The molecule has 2 aromatic rings. The summed E-state index contributed by atoms with van der Waals surface area (Å²) in [5.41, 5.74) is 7.18. The molecule has 2 aromatic heterocycles. The minimum Gasteiger partial charge on any atom is -0.483 e. The van der Waals surface area contributed by atoms with Gasteiger partial charge in [0.05, 0.1) is 5.52 Å². The van der Waals surface area contributed by atoms with Crippen molar-refractivity contribution in [2.45, 2.75) is 0 Å². The van der Waals surface area contributed by atoms with E-state index in [0.717, 1.165) is 11.0 Å². The van der Waals surface area contributed by atoms with E-state index in [0.29, 0.717) is 5.82 Å². The fraction of sp³-hybridized carbons (Fsp3) is 0. The van der Waals surface area contributed by atoms with Crippen molar-refractivity contribution >= 4 is 23.3 Å². The van der Waals surface area contributed by atoms with Gasteiger partial charge in [-0.2, -0.15) is 0 Å². The topological polar surface area (TPSA) is 105 Å². The first-order valence-corrected chi connectivity index (χ1v) is 3.41. The first-order valence-electron chi connectivity index (χ1n) is 3.41. The summed E-state index contributed by atoms with van der Waals surface area (Å²) in [7, 11) is 0. The minimum absolute atomic E-state index is 0.250. The van der Waals surface area contributed by atoms with Gasteiger partial charge in [-0.15, -0.1) is 0 Å². The van der Waals surface area contributed by atoms with Crippen LogP contribution in [-0.2, 0) is 4.79 Å². The van der Waals surface area contributed by atoms with Crippen LogP contribution in [-0.4, -0.2) is 26.5 Å². The van der Waals surface area contributed by atoms with Crippen molar-refractivity contribution in [3.05, 3.63) is 18.6 Å². The molecule has 4 N–H and O–H groups in total. The van der Waals surface area contributed by atoms with Gasteiger partial charge in [-0.25, -0.2) is 9.97 Å². The number of rotatable bonds is 0. The van der Waals surface area contributed by atoms with Gasteiger partial charge in [0, 0.05) is 6.20 Å². The molecule has 6 heteroatoms. The summed E-state index contributed by atoms with van der Waals surface area (Å²) in [6.07, 6.45) is 3.24. The summed E-state index contributed by atoms with van der Waals surface area (Å²) in [6, 6.07) is 1.85. The summed E-state index contributed by atoms with van der Waals surface area (Å²) in [4.78, 5) is 19.1. The molecule has 0 aliphatic rings. The van der Waals surface area contributed by atoms with E-state index in [2.05, 4.69) is 15.0 Å². The molecule has 0 saturated carbocycles. The second-order valence-corrected chi connectivity index (χ2v) is 2.10. The minimum atomic E-state index is -0.250. The van der Waals surface area contributed by atoms with Gasteiger partial charge in [0.1, 0.15) is 11.8 Å². The molecule has 68 valence electrons. The van der Waals surface area contributed by atoms with Crippen molar-refractivity contribution in [2.24, 2.45) is 0 Å². The third-order valence-electron chi connectivity index (χ3n) is 1.37. The summed E-state index contributed by atoms with van der Waals surface area (Å²) in [5.74, 6) is 0.495. The third-order valence-corrected chi connectivity index (χ3v) is 1.37. The largest absolute Gasteiger partial charge is 0.483 e. The molecule has 0 spiro atoms. The number of nitrogens with one attached hydrogen (secondary N) is 1. The number of aromatic amines is 1. The predicted molar refractivity (Wildman–Crippen MR) is 47.0 cm³/mol. The molecule has 6 nitrogen and oxygen atoms in total. The fourth-order valence-electron chi connectivity index (χ4n) is 0.892. The molecule has 0 radical (unpaired) electrons. The van der Waals surface area contributed by atoms with E-state index >= 15 is 0 Å². The number of nitrogens with zero attached hydrogens (tertiary/aromatic N) is 2. The predicted octanol–water partition coefficient (Wildman–Crippen LogP) is 0.241. The molecule has 0 aliphatic carbocycles. The quantitative estimate of drug-likeness (QED) is 0.503. The van der Waals surface area contributed by atoms with E-state index in [1.54, 1.807) is 6.20 Å². The van der Waals surface area contributed by atoms with Gasteiger partial charge in [0.2, 0.25) is 0 Å². The average molecular weight is 180 g/mol. The van der Waals surface area contributed by atoms with Crippen molar-refractivity contribution in [2.75, 3.05) is 5.73 Å². The first-order chi connectivity index (χ1) is 6.29. The zero-order valence-electron chi connectivity index (χ0n) is 6.64. The number of H-pyrrole nitrogens is 1. The summed E-state index contributed by atoms with van der Waals surface area (Å²) in [6.45, 7) is -0.250. The first kappa shape index (κ1) is 8.98. The maximum atomic E-state index is 8.36. The lowest BCUT2D eigenvalue weighted by atomic mass is 10.4. The van der Waals surface area contributed by atoms with Gasteiger partial charge in [0.25, 0.3) is 6.47 Å². The van der Waals surface area contributed by atoms with Gasteiger partial charge in [-0.3, -0.25) is 4.79 Å². The monoisotopic (exact) mass is 180 g/mol. The SMILES string of the molecule is Nc1ncnc2cc[nH]c12.O=CO. The lowest BCUT2D eigenvalue weighted by Gasteiger charge is -1.90. The van der Waals surface area contributed by atoms with Gasteiger partial charge < -0.3 is 15.8 Å². The number of carbonyl (C=O) groups is 1. The Hall–Kier alpha value is -2.11. The highest BCUT2D eigenvalue weighted by molar-refractivity contribution is 5.83. The van der Waals surface area contributed by atoms with E-state index in [9.17, 15) is 0 Å². The Bertz CT molecular complexity index is 398. The Morgan fingerprint density at radius 3 is 2.85 bits per heavy atom. The molecule has 2 heterocycles. The Labute approximate surface area is 73.4 Å². The summed E-state index contributed by atoms with van der Waals surface area (Å²) >= 11 is 0. The van der Waals surface area contributed by atoms with Crippen LogP contribution in [0.2, 0.25) is 0 Å². The van der Waals surface area contributed by atoms with Crippen LogP contribution in [0.4, 0.5) is 5.82 Å². The molecular weight excluding hydrogens is 172 g/mol. The number of anilines is 1. The molecule has 2 rings (SSSR count). The highest BCUT2D eigenvalue weighted by atomic mass is 16.3.